The van der Waals surface area contributed by atoms with E-state index < -0.39 is 38.1 Å². The Morgan fingerprint density at radius 2 is 2.03 bits per heavy atom. The largest absolute Gasteiger partial charge is 0.420 e. The maximum atomic E-state index is 15.0. The number of anilines is 1. The molecule has 3 N–H and O–H groups in total. The fourth-order valence-corrected chi connectivity index (χ4v) is 6.26. The van der Waals surface area contributed by atoms with Crippen LogP contribution in [0.15, 0.2) is 56.8 Å². The van der Waals surface area contributed by atoms with Crippen molar-refractivity contribution in [1.82, 2.24) is 13.9 Å². The number of oxazole rings is 1. The Labute approximate surface area is 216 Å². The molecule has 0 aliphatic heterocycles. The molecule has 0 saturated heterocycles. The van der Waals surface area contributed by atoms with Crippen molar-refractivity contribution < 1.29 is 17.2 Å². The van der Waals surface area contributed by atoms with Crippen molar-refractivity contribution in [3.05, 3.63) is 70.2 Å². The molecule has 0 spiro atoms. The summed E-state index contributed by atoms with van der Waals surface area (Å²) in [6.07, 6.45) is 6.22. The summed E-state index contributed by atoms with van der Waals surface area (Å²) in [5, 5.41) is -0.0147. The van der Waals surface area contributed by atoms with E-state index in [9.17, 15) is 13.2 Å². The molecule has 0 bridgehead atoms. The molecular formula is C25H24FN5O4S2. The van der Waals surface area contributed by atoms with E-state index >= 15 is 4.39 Å². The minimum Gasteiger partial charge on any atom is -0.408 e. The number of halogens is 1. The second-order valence-electron chi connectivity index (χ2n) is 9.11. The first-order chi connectivity index (χ1) is 17.7. The number of nitrogens with one attached hydrogen (secondary N) is 1. The standard InChI is InChI=1S/C25H24FN5O4S2/c1-16(18-7-5-6-17(12-18)8-11-25(27)9-3-2-4-10-25)31-20-13-19(26)22(14-21(20)35-24(31)32)37(33,34)30-23-28-15-29-36-23/h5-7,12-16H,2-4,9-10,27H2,1H3,(H,28,29,30)/t16-/m1/s1. The molecule has 37 heavy (non-hydrogen) atoms. The predicted octanol–water partition coefficient (Wildman–Crippen LogP) is 4.01. The Morgan fingerprint density at radius 1 is 1.24 bits per heavy atom. The van der Waals surface area contributed by atoms with Crippen LogP contribution in [-0.4, -0.2) is 27.9 Å². The third kappa shape index (κ3) is 5.16. The van der Waals surface area contributed by atoms with Crippen molar-refractivity contribution in [2.45, 2.75) is 55.5 Å². The van der Waals surface area contributed by atoms with Crippen LogP contribution in [0.5, 0.6) is 0 Å². The van der Waals surface area contributed by atoms with Gasteiger partial charge in [-0.2, -0.15) is 4.37 Å². The van der Waals surface area contributed by atoms with Crippen molar-refractivity contribution in [2.24, 2.45) is 5.73 Å². The van der Waals surface area contributed by atoms with Gasteiger partial charge in [-0.15, -0.1) is 0 Å². The molecule has 9 nitrogen and oxygen atoms in total. The highest BCUT2D eigenvalue weighted by Gasteiger charge is 2.26. The van der Waals surface area contributed by atoms with Crippen molar-refractivity contribution >= 4 is 37.8 Å². The van der Waals surface area contributed by atoms with Crippen LogP contribution in [-0.2, 0) is 10.0 Å². The van der Waals surface area contributed by atoms with Gasteiger partial charge in [0.05, 0.1) is 17.1 Å². The fraction of sp³-hybridized carbons (Fsp3) is 0.320. The van der Waals surface area contributed by atoms with Gasteiger partial charge < -0.3 is 10.2 Å². The van der Waals surface area contributed by atoms with Gasteiger partial charge >= 0.3 is 5.76 Å². The Hall–Kier alpha value is -3.53. The molecule has 0 unspecified atom stereocenters. The van der Waals surface area contributed by atoms with Gasteiger partial charge in [-0.3, -0.25) is 9.29 Å². The molecule has 2 heterocycles. The SMILES string of the molecule is C[C@H](c1cccc(C#CC2(N)CCCCC2)c1)n1c(=O)oc2cc(S(=O)(=O)Nc3ncns3)c(F)cc21. The van der Waals surface area contributed by atoms with Gasteiger partial charge in [-0.05, 0) is 37.5 Å². The number of nitrogens with zero attached hydrogens (tertiary/aromatic N) is 3. The fourth-order valence-electron chi connectivity index (χ4n) is 4.53. The predicted molar refractivity (Wildman–Crippen MR) is 138 cm³/mol. The molecule has 1 saturated carbocycles. The Balaban J connectivity index is 1.48. The van der Waals surface area contributed by atoms with Gasteiger partial charge in [0.25, 0.3) is 10.0 Å². The van der Waals surface area contributed by atoms with Crippen LogP contribution in [0.4, 0.5) is 9.52 Å². The molecule has 5 rings (SSSR count). The number of hydrogen-bond acceptors (Lipinski definition) is 8. The van der Waals surface area contributed by atoms with Crippen molar-refractivity contribution in [3.8, 4) is 11.8 Å². The van der Waals surface area contributed by atoms with E-state index in [2.05, 4.69) is 25.9 Å². The average Bonchev–Trinajstić information content (AvgIpc) is 3.48. The number of fused-ring (bicyclic) bond motifs is 1. The summed E-state index contributed by atoms with van der Waals surface area (Å²) in [6.45, 7) is 1.77. The first-order valence-corrected chi connectivity index (χ1v) is 14.0. The summed E-state index contributed by atoms with van der Waals surface area (Å²) in [7, 11) is -4.32. The van der Waals surface area contributed by atoms with Crippen molar-refractivity contribution in [3.63, 3.8) is 0 Å². The summed E-state index contributed by atoms with van der Waals surface area (Å²) >= 11 is 0.806. The summed E-state index contributed by atoms with van der Waals surface area (Å²) in [4.78, 5) is 15.9. The third-order valence-electron chi connectivity index (χ3n) is 6.50. The molecule has 0 radical (unpaired) electrons. The van der Waals surface area contributed by atoms with E-state index in [0.29, 0.717) is 0 Å². The maximum Gasteiger partial charge on any atom is 0.420 e. The zero-order valence-electron chi connectivity index (χ0n) is 19.9. The number of rotatable bonds is 5. The number of hydrogen-bond donors (Lipinski definition) is 2. The molecule has 2 aromatic heterocycles. The molecule has 1 aliphatic rings. The van der Waals surface area contributed by atoms with Crippen LogP contribution < -0.4 is 16.2 Å². The minimum atomic E-state index is -4.32. The maximum absolute atomic E-state index is 15.0. The van der Waals surface area contributed by atoms with E-state index in [4.69, 9.17) is 10.2 Å². The van der Waals surface area contributed by atoms with Crippen LogP contribution in [0.25, 0.3) is 11.1 Å². The van der Waals surface area contributed by atoms with Gasteiger partial charge in [-0.1, -0.05) is 43.2 Å². The summed E-state index contributed by atoms with van der Waals surface area (Å²) in [5.74, 6) is 4.61. The molecule has 1 fully saturated rings. The minimum absolute atomic E-state index is 0.0147. The van der Waals surface area contributed by atoms with Crippen molar-refractivity contribution in [2.75, 3.05) is 4.72 Å². The molecule has 1 atom stereocenters. The normalized spacial score (nSPS) is 16.2. The highest BCUT2D eigenvalue weighted by molar-refractivity contribution is 7.93. The lowest BCUT2D eigenvalue weighted by Gasteiger charge is -2.27. The lowest BCUT2D eigenvalue weighted by Crippen LogP contribution is -2.40. The quantitative estimate of drug-likeness (QED) is 0.365. The lowest BCUT2D eigenvalue weighted by atomic mass is 9.83. The van der Waals surface area contributed by atoms with Crippen LogP contribution in [0.1, 0.15) is 56.2 Å². The summed E-state index contributed by atoms with van der Waals surface area (Å²) in [6, 6.07) is 8.82. The second kappa shape index (κ2) is 9.74. The monoisotopic (exact) mass is 541 g/mol. The van der Waals surface area contributed by atoms with Crippen LogP contribution in [0.3, 0.4) is 0 Å². The first-order valence-electron chi connectivity index (χ1n) is 11.7. The van der Waals surface area contributed by atoms with E-state index in [1.807, 2.05) is 24.3 Å². The zero-order chi connectivity index (χ0) is 26.2. The summed E-state index contributed by atoms with van der Waals surface area (Å²) in [5.41, 5.74) is 7.52. The molecule has 12 heteroatoms. The van der Waals surface area contributed by atoms with Crippen LogP contribution >= 0.6 is 11.5 Å². The first kappa shape index (κ1) is 25.1. The number of sulfonamides is 1. The van der Waals surface area contributed by atoms with Gasteiger partial charge in [0, 0.05) is 29.2 Å². The van der Waals surface area contributed by atoms with E-state index in [-0.39, 0.29) is 16.2 Å². The second-order valence-corrected chi connectivity index (χ2v) is 11.5. The number of aromatic nitrogens is 3. The highest BCUT2D eigenvalue weighted by atomic mass is 32.2. The van der Waals surface area contributed by atoms with E-state index in [1.165, 1.54) is 17.3 Å². The molecule has 192 valence electrons. The van der Waals surface area contributed by atoms with Gasteiger partial charge in [0.2, 0.25) is 5.13 Å². The molecule has 1 aliphatic carbocycles. The average molecular weight is 542 g/mol. The number of benzene rings is 2. The Bertz CT molecular complexity index is 1680. The van der Waals surface area contributed by atoms with E-state index in [1.54, 1.807) is 6.92 Å². The van der Waals surface area contributed by atoms with Crippen LogP contribution in [0, 0.1) is 17.7 Å². The molecule has 0 amide bonds. The lowest BCUT2D eigenvalue weighted by molar-refractivity contribution is 0.370. The Morgan fingerprint density at radius 3 is 2.76 bits per heavy atom. The van der Waals surface area contributed by atoms with Gasteiger partial charge in [-0.25, -0.2) is 22.6 Å². The summed E-state index contributed by atoms with van der Waals surface area (Å²) < 4.78 is 52.9. The smallest absolute Gasteiger partial charge is 0.408 e. The number of nitrogens with two attached hydrogens (primary N) is 1. The van der Waals surface area contributed by atoms with E-state index in [0.717, 1.165) is 60.5 Å². The van der Waals surface area contributed by atoms with Crippen LogP contribution in [0.2, 0.25) is 0 Å². The van der Waals surface area contributed by atoms with Crippen molar-refractivity contribution in [1.29, 1.82) is 0 Å². The topological polar surface area (TPSA) is 133 Å². The third-order valence-corrected chi connectivity index (χ3v) is 8.56. The molecular weight excluding hydrogens is 517 g/mol. The Kier molecular flexibility index (Phi) is 6.61. The van der Waals surface area contributed by atoms with Gasteiger partial charge in [0.15, 0.2) is 5.58 Å². The van der Waals surface area contributed by atoms with Gasteiger partial charge in [0.1, 0.15) is 17.0 Å². The molecule has 4 aromatic rings. The highest BCUT2D eigenvalue weighted by Crippen LogP contribution is 2.29. The zero-order valence-corrected chi connectivity index (χ0v) is 21.5. The molecule has 2 aromatic carbocycles.